The molecular weight excluding hydrogens is 472 g/mol. The first-order valence-electron chi connectivity index (χ1n) is 13.2. The van der Waals surface area contributed by atoms with Gasteiger partial charge in [-0.15, -0.1) is 0 Å². The number of carbonyl (C=O) groups is 1. The van der Waals surface area contributed by atoms with Crippen LogP contribution >= 0.6 is 0 Å². The smallest absolute Gasteiger partial charge is 0.314 e. The number of amides is 2. The predicted octanol–water partition coefficient (Wildman–Crippen LogP) is 7.24. The van der Waals surface area contributed by atoms with Crippen molar-refractivity contribution in [3.8, 4) is 5.69 Å². The van der Waals surface area contributed by atoms with E-state index in [9.17, 15) is 9.59 Å². The summed E-state index contributed by atoms with van der Waals surface area (Å²) in [5, 5.41) is 5.74. The van der Waals surface area contributed by atoms with Crippen LogP contribution < -0.4 is 10.9 Å². The van der Waals surface area contributed by atoms with Gasteiger partial charge in [-0.2, -0.15) is 0 Å². The number of aryl methyl sites for hydroxylation is 1. The monoisotopic (exact) mass is 504 g/mol. The first-order chi connectivity index (χ1) is 18.5. The highest BCUT2D eigenvalue weighted by Crippen LogP contribution is 2.29. The lowest BCUT2D eigenvalue weighted by Gasteiger charge is -2.32. The minimum Gasteiger partial charge on any atom is -0.314 e. The molecule has 5 rings (SSSR count). The van der Waals surface area contributed by atoms with Crippen LogP contribution in [0.1, 0.15) is 44.1 Å². The summed E-state index contributed by atoms with van der Waals surface area (Å²) < 4.78 is 1.68. The third-order valence-electron chi connectivity index (χ3n) is 6.88. The number of nitrogens with zero attached hydrogens (tertiary/aromatic N) is 3. The normalized spacial score (nSPS) is 12.0. The average molecular weight is 505 g/mol. The highest BCUT2D eigenvalue weighted by atomic mass is 16.2. The Morgan fingerprint density at radius 2 is 1.63 bits per heavy atom. The molecule has 0 saturated heterocycles. The third-order valence-corrected chi connectivity index (χ3v) is 6.88. The molecule has 0 radical (unpaired) electrons. The van der Waals surface area contributed by atoms with Gasteiger partial charge in [-0.1, -0.05) is 74.5 Å². The molecule has 38 heavy (non-hydrogen) atoms. The number of benzene rings is 4. The van der Waals surface area contributed by atoms with E-state index >= 15 is 0 Å². The fourth-order valence-corrected chi connectivity index (χ4v) is 5.09. The highest BCUT2D eigenvalue weighted by Gasteiger charge is 2.29. The molecule has 1 aromatic heterocycles. The molecular formula is C32H32N4O2. The Kier molecular flexibility index (Phi) is 7.22. The number of nitrogens with one attached hydrogen (secondary N) is 1. The average Bonchev–Trinajstić information content (AvgIpc) is 2.93. The van der Waals surface area contributed by atoms with E-state index in [0.717, 1.165) is 34.1 Å². The summed E-state index contributed by atoms with van der Waals surface area (Å²) >= 11 is 0. The van der Waals surface area contributed by atoms with Gasteiger partial charge in [-0.05, 0) is 61.0 Å². The summed E-state index contributed by atoms with van der Waals surface area (Å²) in [7, 11) is 0. The number of hydrogen-bond donors (Lipinski definition) is 1. The number of hydrogen-bond acceptors (Lipinski definition) is 3. The van der Waals surface area contributed by atoms with Crippen LogP contribution in [0.15, 0.2) is 95.8 Å². The van der Waals surface area contributed by atoms with Crippen LogP contribution in [0.5, 0.6) is 0 Å². The van der Waals surface area contributed by atoms with Crippen LogP contribution in [0.4, 0.5) is 10.5 Å². The molecule has 0 aliphatic carbocycles. The van der Waals surface area contributed by atoms with E-state index in [1.54, 1.807) is 10.6 Å². The van der Waals surface area contributed by atoms with Gasteiger partial charge >= 0.3 is 6.03 Å². The molecule has 1 atom stereocenters. The molecule has 0 fully saturated rings. The largest absolute Gasteiger partial charge is 0.322 e. The van der Waals surface area contributed by atoms with Gasteiger partial charge in [0, 0.05) is 11.9 Å². The molecule has 1 N–H and O–H groups in total. The second kappa shape index (κ2) is 10.9. The summed E-state index contributed by atoms with van der Waals surface area (Å²) in [6, 6.07) is 28.5. The Morgan fingerprint density at radius 1 is 0.921 bits per heavy atom. The van der Waals surface area contributed by atoms with Gasteiger partial charge in [0.25, 0.3) is 5.56 Å². The zero-order chi connectivity index (χ0) is 26.6. The molecule has 4 aromatic carbocycles. The molecule has 192 valence electrons. The van der Waals surface area contributed by atoms with Crippen molar-refractivity contribution in [2.45, 2.75) is 39.7 Å². The maximum atomic E-state index is 13.9. The number of rotatable bonds is 7. The van der Waals surface area contributed by atoms with E-state index < -0.39 is 6.04 Å². The minimum absolute atomic E-state index is 0.138. The summed E-state index contributed by atoms with van der Waals surface area (Å²) in [6.07, 6.45) is 1.36. The molecule has 0 aliphatic rings. The van der Waals surface area contributed by atoms with Crippen molar-refractivity contribution in [2.75, 3.05) is 11.9 Å². The van der Waals surface area contributed by atoms with Crippen LogP contribution in [0.2, 0.25) is 0 Å². The van der Waals surface area contributed by atoms with Crippen molar-refractivity contribution in [2.24, 2.45) is 0 Å². The lowest BCUT2D eigenvalue weighted by Crippen LogP contribution is -2.41. The summed E-state index contributed by atoms with van der Waals surface area (Å²) in [5.74, 6) is 0.559. The molecule has 1 unspecified atom stereocenters. The number of carbonyl (C=O) groups excluding carboxylic acids is 1. The highest BCUT2D eigenvalue weighted by molar-refractivity contribution is 6.01. The van der Waals surface area contributed by atoms with Crippen LogP contribution in [0.25, 0.3) is 27.4 Å². The maximum Gasteiger partial charge on any atom is 0.322 e. The van der Waals surface area contributed by atoms with Crippen molar-refractivity contribution in [3.05, 3.63) is 113 Å². The van der Waals surface area contributed by atoms with Crippen LogP contribution in [-0.4, -0.2) is 27.0 Å². The number of urea groups is 1. The predicted molar refractivity (Wildman–Crippen MR) is 155 cm³/mol. The zero-order valence-electron chi connectivity index (χ0n) is 22.0. The number of aromatic nitrogens is 2. The second-order valence-corrected chi connectivity index (χ2v) is 9.54. The third kappa shape index (κ3) is 4.77. The number of para-hydroxylation sites is 1. The topological polar surface area (TPSA) is 67.2 Å². The van der Waals surface area contributed by atoms with Crippen LogP contribution in [0.3, 0.4) is 0 Å². The molecule has 0 spiro atoms. The van der Waals surface area contributed by atoms with Crippen LogP contribution in [0, 0.1) is 6.92 Å². The van der Waals surface area contributed by atoms with Crippen molar-refractivity contribution in [1.82, 2.24) is 14.5 Å². The van der Waals surface area contributed by atoms with Crippen molar-refractivity contribution in [3.63, 3.8) is 0 Å². The van der Waals surface area contributed by atoms with Gasteiger partial charge in [0.05, 0.1) is 28.3 Å². The standard InChI is InChI=1S/C32H32N4O2/c1-4-20-35(32(38)34-27-19-11-14-23-13-6-7-16-25(23)27)29(5-2)30-33-28-18-9-8-17-26(28)31(37)36(30)24-15-10-12-22(3)21-24/h6-19,21,29H,4-5,20H2,1-3H3,(H,34,38). The molecule has 6 heteroatoms. The van der Waals surface area contributed by atoms with E-state index in [2.05, 4.69) is 5.32 Å². The van der Waals surface area contributed by atoms with Crippen molar-refractivity contribution >= 4 is 33.4 Å². The van der Waals surface area contributed by atoms with E-state index in [0.29, 0.717) is 29.7 Å². The SMILES string of the molecule is CCCN(C(=O)Nc1cccc2ccccc12)C(CC)c1nc2ccccc2c(=O)n1-c1cccc(C)c1. The van der Waals surface area contributed by atoms with Gasteiger partial charge in [0.1, 0.15) is 5.82 Å². The number of anilines is 1. The van der Waals surface area contributed by atoms with E-state index in [-0.39, 0.29) is 11.6 Å². The van der Waals surface area contributed by atoms with Crippen molar-refractivity contribution < 1.29 is 4.79 Å². The second-order valence-electron chi connectivity index (χ2n) is 9.54. The van der Waals surface area contributed by atoms with Gasteiger partial charge < -0.3 is 10.2 Å². The summed E-state index contributed by atoms with van der Waals surface area (Å²) in [5.41, 5.74) is 3.03. The molecule has 0 bridgehead atoms. The van der Waals surface area contributed by atoms with Gasteiger partial charge in [-0.3, -0.25) is 9.36 Å². The van der Waals surface area contributed by atoms with Gasteiger partial charge in [0.15, 0.2) is 0 Å². The Labute approximate surface area is 222 Å². The first-order valence-corrected chi connectivity index (χ1v) is 13.2. The lowest BCUT2D eigenvalue weighted by atomic mass is 10.1. The first kappa shape index (κ1) is 25.2. The molecule has 0 aliphatic heterocycles. The molecule has 6 nitrogen and oxygen atoms in total. The molecule has 5 aromatic rings. The molecule has 0 saturated carbocycles. The van der Waals surface area contributed by atoms with E-state index in [4.69, 9.17) is 4.98 Å². The fourth-order valence-electron chi connectivity index (χ4n) is 5.09. The molecule has 2 amide bonds. The van der Waals surface area contributed by atoms with E-state index in [1.807, 2.05) is 111 Å². The minimum atomic E-state index is -0.414. The zero-order valence-corrected chi connectivity index (χ0v) is 22.0. The Bertz CT molecular complexity index is 1670. The lowest BCUT2D eigenvalue weighted by molar-refractivity contribution is 0.181. The summed E-state index contributed by atoms with van der Waals surface area (Å²) in [6.45, 7) is 6.60. The molecule has 1 heterocycles. The van der Waals surface area contributed by atoms with Gasteiger partial charge in [-0.25, -0.2) is 9.78 Å². The Morgan fingerprint density at radius 3 is 2.39 bits per heavy atom. The Hall–Kier alpha value is -4.45. The summed E-state index contributed by atoms with van der Waals surface area (Å²) in [4.78, 5) is 34.6. The van der Waals surface area contributed by atoms with Crippen LogP contribution in [-0.2, 0) is 0 Å². The fraction of sp³-hybridized carbons (Fsp3) is 0.219. The Balaban J connectivity index is 1.64. The number of fused-ring (bicyclic) bond motifs is 2. The van der Waals surface area contributed by atoms with Crippen molar-refractivity contribution in [1.29, 1.82) is 0 Å². The quantitative estimate of drug-likeness (QED) is 0.254. The van der Waals surface area contributed by atoms with Gasteiger partial charge in [0.2, 0.25) is 0 Å². The van der Waals surface area contributed by atoms with E-state index in [1.165, 1.54) is 0 Å². The maximum absolute atomic E-state index is 13.9.